The summed E-state index contributed by atoms with van der Waals surface area (Å²) in [5.41, 5.74) is 0.341. The Morgan fingerprint density at radius 3 is 2.88 bits per heavy atom. The summed E-state index contributed by atoms with van der Waals surface area (Å²) in [6.45, 7) is 0.466. The minimum absolute atomic E-state index is 0.156. The predicted octanol–water partition coefficient (Wildman–Crippen LogP) is 2.22. The van der Waals surface area contributed by atoms with E-state index in [9.17, 15) is 8.78 Å². The van der Waals surface area contributed by atoms with Crippen molar-refractivity contribution in [2.24, 2.45) is 5.92 Å². The lowest BCUT2D eigenvalue weighted by molar-refractivity contribution is 0.205. The molecule has 1 aliphatic rings. The highest BCUT2D eigenvalue weighted by atomic mass is 19.2. The average Bonchev–Trinajstić information content (AvgIpc) is 2.78. The second-order valence-corrected chi connectivity index (χ2v) is 4.57. The fraction of sp³-hybridized carbons (Fsp3) is 0.538. The van der Waals surface area contributed by atoms with Crippen LogP contribution in [-0.2, 0) is 6.54 Å². The number of aliphatic hydroxyl groups excluding tert-OH is 1. The summed E-state index contributed by atoms with van der Waals surface area (Å²) >= 11 is 0. The van der Waals surface area contributed by atoms with Crippen molar-refractivity contribution in [3.63, 3.8) is 0 Å². The first-order valence-electron chi connectivity index (χ1n) is 5.99. The zero-order chi connectivity index (χ0) is 12.3. The van der Waals surface area contributed by atoms with Gasteiger partial charge in [-0.25, -0.2) is 8.78 Å². The molecule has 2 atom stereocenters. The lowest BCUT2D eigenvalue weighted by Gasteiger charge is -2.19. The van der Waals surface area contributed by atoms with Gasteiger partial charge in [-0.15, -0.1) is 0 Å². The lowest BCUT2D eigenvalue weighted by Crippen LogP contribution is -2.33. The molecule has 0 aliphatic heterocycles. The van der Waals surface area contributed by atoms with Crippen LogP contribution in [0.5, 0.6) is 0 Å². The topological polar surface area (TPSA) is 32.3 Å². The molecule has 1 saturated carbocycles. The second kappa shape index (κ2) is 5.56. The summed E-state index contributed by atoms with van der Waals surface area (Å²) in [5, 5.41) is 12.4. The van der Waals surface area contributed by atoms with E-state index < -0.39 is 11.6 Å². The van der Waals surface area contributed by atoms with E-state index in [1.165, 1.54) is 6.07 Å². The molecule has 1 aromatic rings. The zero-order valence-corrected chi connectivity index (χ0v) is 9.63. The summed E-state index contributed by atoms with van der Waals surface area (Å²) in [5.74, 6) is -1.35. The van der Waals surface area contributed by atoms with Gasteiger partial charge in [0.1, 0.15) is 0 Å². The molecule has 94 valence electrons. The molecular weight excluding hydrogens is 224 g/mol. The quantitative estimate of drug-likeness (QED) is 0.847. The van der Waals surface area contributed by atoms with Crippen LogP contribution < -0.4 is 5.32 Å². The van der Waals surface area contributed by atoms with E-state index in [1.807, 2.05) is 0 Å². The number of benzene rings is 1. The first kappa shape index (κ1) is 12.5. The Labute approximate surface area is 99.7 Å². The van der Waals surface area contributed by atoms with Crippen molar-refractivity contribution < 1.29 is 13.9 Å². The van der Waals surface area contributed by atoms with Crippen LogP contribution in [0.2, 0.25) is 0 Å². The lowest BCUT2D eigenvalue weighted by atomic mass is 10.0. The number of hydrogen-bond donors (Lipinski definition) is 2. The maximum atomic E-state index is 13.4. The van der Waals surface area contributed by atoms with Crippen molar-refractivity contribution >= 4 is 0 Å². The van der Waals surface area contributed by atoms with Gasteiger partial charge in [-0.2, -0.15) is 0 Å². The van der Waals surface area contributed by atoms with Crippen LogP contribution in [0, 0.1) is 17.6 Å². The molecule has 17 heavy (non-hydrogen) atoms. The fourth-order valence-corrected chi connectivity index (χ4v) is 2.45. The van der Waals surface area contributed by atoms with E-state index in [2.05, 4.69) is 5.32 Å². The Bertz CT molecular complexity index is 384. The molecule has 2 N–H and O–H groups in total. The highest BCUT2D eigenvalue weighted by Crippen LogP contribution is 2.25. The summed E-state index contributed by atoms with van der Waals surface area (Å²) in [6, 6.07) is 4.41. The van der Waals surface area contributed by atoms with E-state index >= 15 is 0 Å². The highest BCUT2D eigenvalue weighted by molar-refractivity contribution is 5.18. The van der Waals surface area contributed by atoms with Crippen LogP contribution in [-0.4, -0.2) is 17.8 Å². The van der Waals surface area contributed by atoms with Gasteiger partial charge in [0.15, 0.2) is 11.6 Å². The maximum absolute atomic E-state index is 13.4. The van der Waals surface area contributed by atoms with E-state index in [0.29, 0.717) is 12.1 Å². The van der Waals surface area contributed by atoms with E-state index in [0.717, 1.165) is 25.3 Å². The molecule has 0 spiro atoms. The molecule has 1 fully saturated rings. The molecule has 2 nitrogen and oxygen atoms in total. The molecule has 0 radical (unpaired) electrons. The van der Waals surface area contributed by atoms with Crippen LogP contribution in [0.1, 0.15) is 24.8 Å². The predicted molar refractivity (Wildman–Crippen MR) is 61.4 cm³/mol. The molecule has 0 bridgehead atoms. The molecule has 1 aliphatic carbocycles. The largest absolute Gasteiger partial charge is 0.396 e. The first-order valence-corrected chi connectivity index (χ1v) is 5.99. The van der Waals surface area contributed by atoms with Gasteiger partial charge in [-0.3, -0.25) is 0 Å². The molecule has 0 heterocycles. The number of aliphatic hydroxyl groups is 1. The highest BCUT2D eigenvalue weighted by Gasteiger charge is 2.26. The van der Waals surface area contributed by atoms with Crippen LogP contribution in [0.25, 0.3) is 0 Å². The summed E-state index contributed by atoms with van der Waals surface area (Å²) in [4.78, 5) is 0. The molecule has 1 aromatic carbocycles. The van der Waals surface area contributed by atoms with Crippen LogP contribution in [0.4, 0.5) is 8.78 Å². The van der Waals surface area contributed by atoms with Gasteiger partial charge in [-0.05, 0) is 24.8 Å². The van der Waals surface area contributed by atoms with Crippen molar-refractivity contribution in [2.45, 2.75) is 31.8 Å². The minimum atomic E-state index is -0.811. The average molecular weight is 241 g/mol. The van der Waals surface area contributed by atoms with Gasteiger partial charge in [-0.1, -0.05) is 18.6 Å². The molecule has 0 amide bonds. The smallest absolute Gasteiger partial charge is 0.163 e. The van der Waals surface area contributed by atoms with Gasteiger partial charge >= 0.3 is 0 Å². The monoisotopic (exact) mass is 241 g/mol. The van der Waals surface area contributed by atoms with Crippen LogP contribution in [0.3, 0.4) is 0 Å². The van der Waals surface area contributed by atoms with Crippen LogP contribution >= 0.6 is 0 Å². The Kier molecular flexibility index (Phi) is 4.07. The van der Waals surface area contributed by atoms with Crippen molar-refractivity contribution in [1.29, 1.82) is 0 Å². The molecule has 4 heteroatoms. The van der Waals surface area contributed by atoms with Crippen LogP contribution in [0.15, 0.2) is 18.2 Å². The molecule has 0 saturated heterocycles. The van der Waals surface area contributed by atoms with Gasteiger partial charge < -0.3 is 10.4 Å². The van der Waals surface area contributed by atoms with Gasteiger partial charge in [0.2, 0.25) is 0 Å². The minimum Gasteiger partial charge on any atom is -0.396 e. The third-order valence-corrected chi connectivity index (χ3v) is 3.48. The Morgan fingerprint density at radius 2 is 2.12 bits per heavy atom. The Morgan fingerprint density at radius 1 is 1.29 bits per heavy atom. The van der Waals surface area contributed by atoms with E-state index in [4.69, 9.17) is 5.11 Å². The maximum Gasteiger partial charge on any atom is 0.163 e. The Hall–Kier alpha value is -1.00. The van der Waals surface area contributed by atoms with Gasteiger partial charge in [0, 0.05) is 24.8 Å². The normalized spacial score (nSPS) is 24.2. The zero-order valence-electron chi connectivity index (χ0n) is 9.63. The van der Waals surface area contributed by atoms with Crippen molar-refractivity contribution in [2.75, 3.05) is 6.61 Å². The number of rotatable bonds is 4. The fourth-order valence-electron chi connectivity index (χ4n) is 2.45. The van der Waals surface area contributed by atoms with Gasteiger partial charge in [0.05, 0.1) is 0 Å². The molecule has 2 rings (SSSR count). The second-order valence-electron chi connectivity index (χ2n) is 4.57. The van der Waals surface area contributed by atoms with E-state index in [1.54, 1.807) is 6.07 Å². The third kappa shape index (κ3) is 2.82. The molecule has 0 aromatic heterocycles. The number of hydrogen-bond acceptors (Lipinski definition) is 2. The van der Waals surface area contributed by atoms with Crippen molar-refractivity contribution in [3.05, 3.63) is 35.4 Å². The summed E-state index contributed by atoms with van der Waals surface area (Å²) in [6.07, 6.45) is 3.07. The summed E-state index contributed by atoms with van der Waals surface area (Å²) < 4.78 is 26.4. The third-order valence-electron chi connectivity index (χ3n) is 3.48. The van der Waals surface area contributed by atoms with Crippen molar-refractivity contribution in [3.8, 4) is 0 Å². The molecular formula is C13H17F2NO. The molecule has 2 unspecified atom stereocenters. The summed E-state index contributed by atoms with van der Waals surface area (Å²) in [7, 11) is 0. The van der Waals surface area contributed by atoms with Gasteiger partial charge in [0.25, 0.3) is 0 Å². The number of nitrogens with one attached hydrogen (secondary N) is 1. The van der Waals surface area contributed by atoms with E-state index in [-0.39, 0.29) is 18.6 Å². The number of halogens is 2. The Balaban J connectivity index is 1.95. The first-order chi connectivity index (χ1) is 8.22. The van der Waals surface area contributed by atoms with Crippen molar-refractivity contribution in [1.82, 2.24) is 5.32 Å². The standard InChI is InChI=1S/C13H17F2NO/c14-11-5-1-3-9(13(11)15)7-16-12-6-2-4-10(12)8-17/h1,3,5,10,12,16-17H,2,4,6-8H2. The SMILES string of the molecule is OCC1CCCC1NCc1cccc(F)c1F.